The Morgan fingerprint density at radius 3 is 2.73 bits per heavy atom. The van der Waals surface area contributed by atoms with Gasteiger partial charge >= 0.3 is 0 Å². The zero-order chi connectivity index (χ0) is 22.6. The molecule has 170 valence electrons. The number of hydrogen-bond donors (Lipinski definition) is 0. The Morgan fingerprint density at radius 1 is 1.09 bits per heavy atom. The van der Waals surface area contributed by atoms with Crippen LogP contribution in [0.15, 0.2) is 60.7 Å². The van der Waals surface area contributed by atoms with Crippen LogP contribution in [0, 0.1) is 0 Å². The molecule has 1 saturated heterocycles. The first-order valence-electron chi connectivity index (χ1n) is 11.3. The standard InChI is InChI=1S/C26H27N3O3S/c1-31-22-9-10-24-23(18-22)27-26(33-24)29(12-4-11-28-13-15-32-16-14-28)25(30)21-8-7-19-5-2-3-6-20(19)17-21/h2-3,5-10,17-18H,4,11-16H2,1H3. The van der Waals surface area contributed by atoms with Crippen molar-refractivity contribution in [3.8, 4) is 5.75 Å². The minimum absolute atomic E-state index is 0.0197. The zero-order valence-corrected chi connectivity index (χ0v) is 19.5. The van der Waals surface area contributed by atoms with Crippen LogP contribution in [0.2, 0.25) is 0 Å². The molecule has 1 fully saturated rings. The Morgan fingerprint density at radius 2 is 1.91 bits per heavy atom. The number of methoxy groups -OCH3 is 1. The van der Waals surface area contributed by atoms with Gasteiger partial charge < -0.3 is 9.47 Å². The van der Waals surface area contributed by atoms with E-state index in [1.54, 1.807) is 18.4 Å². The predicted molar refractivity (Wildman–Crippen MR) is 134 cm³/mol. The van der Waals surface area contributed by atoms with E-state index >= 15 is 0 Å². The summed E-state index contributed by atoms with van der Waals surface area (Å²) in [6.07, 6.45) is 0.874. The quantitative estimate of drug-likeness (QED) is 0.395. The first kappa shape index (κ1) is 21.8. The number of amides is 1. The summed E-state index contributed by atoms with van der Waals surface area (Å²) in [7, 11) is 1.65. The van der Waals surface area contributed by atoms with E-state index in [2.05, 4.69) is 11.0 Å². The van der Waals surface area contributed by atoms with Gasteiger partial charge in [0.1, 0.15) is 5.75 Å². The molecule has 1 aliphatic rings. The summed E-state index contributed by atoms with van der Waals surface area (Å²) >= 11 is 1.54. The zero-order valence-electron chi connectivity index (χ0n) is 18.7. The van der Waals surface area contributed by atoms with E-state index in [1.807, 2.05) is 59.5 Å². The number of benzene rings is 3. The summed E-state index contributed by atoms with van der Waals surface area (Å²) in [5.41, 5.74) is 1.52. The van der Waals surface area contributed by atoms with Crippen molar-refractivity contribution in [2.45, 2.75) is 6.42 Å². The number of carbonyl (C=O) groups is 1. The van der Waals surface area contributed by atoms with Crippen LogP contribution in [0.5, 0.6) is 5.75 Å². The van der Waals surface area contributed by atoms with Gasteiger partial charge in [-0.2, -0.15) is 0 Å². The minimum atomic E-state index is -0.0197. The van der Waals surface area contributed by atoms with Crippen LogP contribution in [-0.2, 0) is 4.74 Å². The van der Waals surface area contributed by atoms with Crippen LogP contribution in [0.3, 0.4) is 0 Å². The molecule has 0 aliphatic carbocycles. The third kappa shape index (κ3) is 4.85. The summed E-state index contributed by atoms with van der Waals surface area (Å²) < 4.78 is 11.8. The summed E-state index contributed by atoms with van der Waals surface area (Å²) in [5, 5.41) is 2.91. The second-order valence-corrected chi connectivity index (χ2v) is 9.17. The van der Waals surface area contributed by atoms with Crippen molar-refractivity contribution in [1.82, 2.24) is 9.88 Å². The smallest absolute Gasteiger partial charge is 0.260 e. The topological polar surface area (TPSA) is 54.9 Å². The Balaban J connectivity index is 1.43. The van der Waals surface area contributed by atoms with Crippen molar-refractivity contribution in [3.63, 3.8) is 0 Å². The maximum absolute atomic E-state index is 13.7. The van der Waals surface area contributed by atoms with Gasteiger partial charge in [-0.25, -0.2) is 4.98 Å². The highest BCUT2D eigenvalue weighted by atomic mass is 32.1. The Kier molecular flexibility index (Phi) is 6.53. The number of aromatic nitrogens is 1. The molecule has 7 heteroatoms. The molecule has 5 rings (SSSR count). The Hall–Kier alpha value is -3.00. The van der Waals surface area contributed by atoms with Gasteiger partial charge in [0.25, 0.3) is 5.91 Å². The van der Waals surface area contributed by atoms with Crippen LogP contribution in [-0.4, -0.2) is 62.3 Å². The van der Waals surface area contributed by atoms with Gasteiger partial charge in [0.05, 0.1) is 30.5 Å². The molecule has 3 aromatic carbocycles. The monoisotopic (exact) mass is 461 g/mol. The Labute approximate surface area is 197 Å². The van der Waals surface area contributed by atoms with Gasteiger partial charge in [-0.3, -0.25) is 14.6 Å². The van der Waals surface area contributed by atoms with Crippen LogP contribution in [0.25, 0.3) is 21.0 Å². The van der Waals surface area contributed by atoms with Crippen molar-refractivity contribution in [2.24, 2.45) is 0 Å². The Bertz CT molecular complexity index is 1270. The second kappa shape index (κ2) is 9.87. The average molecular weight is 462 g/mol. The molecule has 0 spiro atoms. The molecule has 0 atom stereocenters. The lowest BCUT2D eigenvalue weighted by molar-refractivity contribution is 0.0376. The van der Waals surface area contributed by atoms with Crippen LogP contribution < -0.4 is 9.64 Å². The number of hydrogen-bond acceptors (Lipinski definition) is 6. The van der Waals surface area contributed by atoms with E-state index in [9.17, 15) is 4.79 Å². The number of fused-ring (bicyclic) bond motifs is 2. The number of carbonyl (C=O) groups excluding carboxylic acids is 1. The molecule has 1 aliphatic heterocycles. The van der Waals surface area contributed by atoms with E-state index in [-0.39, 0.29) is 5.91 Å². The van der Waals surface area contributed by atoms with Crippen molar-refractivity contribution in [3.05, 3.63) is 66.2 Å². The normalized spacial score (nSPS) is 14.6. The maximum Gasteiger partial charge on any atom is 0.260 e. The second-order valence-electron chi connectivity index (χ2n) is 8.16. The molecule has 0 bridgehead atoms. The molecule has 2 heterocycles. The molecule has 0 unspecified atom stereocenters. The molecule has 6 nitrogen and oxygen atoms in total. The summed E-state index contributed by atoms with van der Waals surface area (Å²) in [4.78, 5) is 22.7. The number of rotatable bonds is 7. The molecule has 0 N–H and O–H groups in total. The first-order valence-corrected chi connectivity index (χ1v) is 12.1. The number of ether oxygens (including phenoxy) is 2. The first-order chi connectivity index (χ1) is 16.2. The molecular weight excluding hydrogens is 434 g/mol. The lowest BCUT2D eigenvalue weighted by atomic mass is 10.1. The molecule has 1 amide bonds. The van der Waals surface area contributed by atoms with Crippen LogP contribution in [0.1, 0.15) is 16.8 Å². The van der Waals surface area contributed by atoms with Crippen LogP contribution in [0.4, 0.5) is 5.13 Å². The predicted octanol–water partition coefficient (Wildman–Crippen LogP) is 4.83. The fourth-order valence-corrected chi connectivity index (χ4v) is 5.15. The lowest BCUT2D eigenvalue weighted by Gasteiger charge is -2.27. The fourth-order valence-electron chi connectivity index (χ4n) is 4.18. The van der Waals surface area contributed by atoms with E-state index in [0.717, 1.165) is 71.1 Å². The highest BCUT2D eigenvalue weighted by Crippen LogP contribution is 2.32. The molecule has 0 saturated carbocycles. The van der Waals surface area contributed by atoms with Gasteiger partial charge in [0, 0.05) is 37.8 Å². The van der Waals surface area contributed by atoms with Gasteiger partial charge in [0.2, 0.25) is 0 Å². The van der Waals surface area contributed by atoms with Crippen molar-refractivity contribution >= 4 is 43.4 Å². The van der Waals surface area contributed by atoms with Gasteiger partial charge in [-0.15, -0.1) is 0 Å². The molecule has 33 heavy (non-hydrogen) atoms. The molecule has 4 aromatic rings. The maximum atomic E-state index is 13.7. The fraction of sp³-hybridized carbons (Fsp3) is 0.308. The molecule has 1 aromatic heterocycles. The third-order valence-corrected chi connectivity index (χ3v) is 7.08. The van der Waals surface area contributed by atoms with E-state index < -0.39 is 0 Å². The largest absolute Gasteiger partial charge is 0.497 e. The van der Waals surface area contributed by atoms with Crippen molar-refractivity contribution in [1.29, 1.82) is 0 Å². The minimum Gasteiger partial charge on any atom is -0.497 e. The van der Waals surface area contributed by atoms with Crippen LogP contribution >= 0.6 is 11.3 Å². The summed E-state index contributed by atoms with van der Waals surface area (Å²) in [6, 6.07) is 19.9. The highest BCUT2D eigenvalue weighted by Gasteiger charge is 2.22. The van der Waals surface area contributed by atoms with Gasteiger partial charge in [-0.05, 0) is 41.5 Å². The number of thiazole rings is 1. The average Bonchev–Trinajstić information content (AvgIpc) is 3.29. The SMILES string of the molecule is COc1ccc2sc(N(CCCN3CCOCC3)C(=O)c3ccc4ccccc4c3)nc2c1. The number of anilines is 1. The third-order valence-electron chi connectivity index (χ3n) is 6.02. The van der Waals surface area contributed by atoms with E-state index in [1.165, 1.54) is 0 Å². The molecule has 0 radical (unpaired) electrons. The van der Waals surface area contributed by atoms with Gasteiger partial charge in [-0.1, -0.05) is 41.7 Å². The lowest BCUT2D eigenvalue weighted by Crippen LogP contribution is -2.39. The van der Waals surface area contributed by atoms with E-state index in [4.69, 9.17) is 14.5 Å². The number of morpholine rings is 1. The van der Waals surface area contributed by atoms with Crippen molar-refractivity contribution < 1.29 is 14.3 Å². The molecular formula is C26H27N3O3S. The summed E-state index contributed by atoms with van der Waals surface area (Å²) in [5.74, 6) is 0.743. The van der Waals surface area contributed by atoms with E-state index in [0.29, 0.717) is 12.1 Å². The van der Waals surface area contributed by atoms with Gasteiger partial charge in [0.15, 0.2) is 5.13 Å². The summed E-state index contributed by atoms with van der Waals surface area (Å²) in [6.45, 7) is 4.99. The highest BCUT2D eigenvalue weighted by molar-refractivity contribution is 7.22. The number of nitrogens with zero attached hydrogens (tertiary/aromatic N) is 3. The van der Waals surface area contributed by atoms with Crippen molar-refractivity contribution in [2.75, 3.05) is 51.4 Å².